The third-order valence-corrected chi connectivity index (χ3v) is 9.26. The standard InChI is InChI=1S/C33H37FN2O6/c1-20(32(38)39)31(37)23-5-4-21-7-9-28(42-29(21)15-23)22-6-8-25(26-16-30(40-2)35-17-27(26)34)24(14-22)18-36-12-13-41-19-33(36)10-3-11-33/h4-6,8,14-17,20,28,31,37H,3,7,9-13,18-19H2,1-2H3,(H,38,39)/t20-,28?,31+/m0/s1. The first-order chi connectivity index (χ1) is 20.3. The molecule has 222 valence electrons. The number of aliphatic hydroxyl groups excluding tert-OH is 1. The maximum atomic E-state index is 15.2. The maximum Gasteiger partial charge on any atom is 0.309 e. The smallest absolute Gasteiger partial charge is 0.309 e. The molecule has 1 saturated carbocycles. The predicted octanol–water partition coefficient (Wildman–Crippen LogP) is 5.47. The summed E-state index contributed by atoms with van der Waals surface area (Å²) in [6.07, 6.45) is 4.74. The van der Waals surface area contributed by atoms with Gasteiger partial charge in [0.25, 0.3) is 0 Å². The number of aliphatic carboxylic acids is 1. The number of aliphatic hydroxyl groups is 1. The number of morpholine rings is 1. The molecule has 42 heavy (non-hydrogen) atoms. The number of nitrogens with zero attached hydrogens (tertiary/aromatic N) is 2. The monoisotopic (exact) mass is 576 g/mol. The maximum absolute atomic E-state index is 15.2. The van der Waals surface area contributed by atoms with E-state index in [2.05, 4.69) is 16.0 Å². The normalized spacial score (nSPS) is 21.1. The Bertz CT molecular complexity index is 1470. The fourth-order valence-corrected chi connectivity index (χ4v) is 6.44. The molecule has 2 N–H and O–H groups in total. The van der Waals surface area contributed by atoms with E-state index in [0.717, 1.165) is 61.1 Å². The van der Waals surface area contributed by atoms with E-state index in [9.17, 15) is 15.0 Å². The van der Waals surface area contributed by atoms with Crippen LogP contribution in [-0.4, -0.2) is 58.5 Å². The topological polar surface area (TPSA) is 101 Å². The zero-order chi connectivity index (χ0) is 29.4. The molecule has 1 unspecified atom stereocenters. The second-order valence-electron chi connectivity index (χ2n) is 11.8. The van der Waals surface area contributed by atoms with E-state index >= 15 is 4.39 Å². The molecule has 1 saturated heterocycles. The number of aryl methyl sites for hydroxylation is 1. The molecule has 0 amide bonds. The molecule has 3 aliphatic rings. The van der Waals surface area contributed by atoms with Crippen molar-refractivity contribution in [3.8, 4) is 22.8 Å². The fourth-order valence-electron chi connectivity index (χ4n) is 6.44. The second kappa shape index (κ2) is 11.6. The van der Waals surface area contributed by atoms with Crippen LogP contribution in [-0.2, 0) is 22.5 Å². The molecule has 3 atom stereocenters. The van der Waals surface area contributed by atoms with Gasteiger partial charge in [-0.3, -0.25) is 9.69 Å². The SMILES string of the molecule is COc1cc(-c2ccc(C3CCc4ccc([C@H](O)[C@H](C)C(=O)O)cc4O3)cc2CN2CCOCC23CCC3)c(F)cn1. The van der Waals surface area contributed by atoms with Gasteiger partial charge in [0, 0.05) is 30.3 Å². The van der Waals surface area contributed by atoms with Crippen LogP contribution in [0.25, 0.3) is 11.1 Å². The number of aromatic nitrogens is 1. The van der Waals surface area contributed by atoms with Crippen molar-refractivity contribution < 1.29 is 33.6 Å². The van der Waals surface area contributed by atoms with Crippen molar-refractivity contribution in [2.24, 2.45) is 5.92 Å². The zero-order valence-electron chi connectivity index (χ0n) is 24.0. The summed E-state index contributed by atoms with van der Waals surface area (Å²) in [5, 5.41) is 20.0. The minimum Gasteiger partial charge on any atom is -0.485 e. The van der Waals surface area contributed by atoms with Gasteiger partial charge in [0.1, 0.15) is 17.7 Å². The van der Waals surface area contributed by atoms with Crippen molar-refractivity contribution in [2.75, 3.05) is 26.9 Å². The van der Waals surface area contributed by atoms with E-state index < -0.39 is 23.8 Å². The number of rotatable bonds is 8. The van der Waals surface area contributed by atoms with Crippen LogP contribution in [0.15, 0.2) is 48.7 Å². The number of ether oxygens (including phenoxy) is 3. The van der Waals surface area contributed by atoms with E-state index in [1.54, 1.807) is 18.2 Å². The Morgan fingerprint density at radius 1 is 1.21 bits per heavy atom. The van der Waals surface area contributed by atoms with Gasteiger partial charge in [0.15, 0.2) is 0 Å². The zero-order valence-corrected chi connectivity index (χ0v) is 24.0. The molecule has 8 nitrogen and oxygen atoms in total. The minimum atomic E-state index is -1.14. The van der Waals surface area contributed by atoms with Crippen molar-refractivity contribution in [3.63, 3.8) is 0 Å². The van der Waals surface area contributed by atoms with Gasteiger partial charge in [0.2, 0.25) is 5.88 Å². The van der Waals surface area contributed by atoms with Gasteiger partial charge in [-0.2, -0.15) is 0 Å². The molecule has 2 fully saturated rings. The van der Waals surface area contributed by atoms with Crippen LogP contribution in [0.3, 0.4) is 0 Å². The highest BCUT2D eigenvalue weighted by molar-refractivity contribution is 5.71. The fraction of sp³-hybridized carbons (Fsp3) is 0.455. The Kier molecular flexibility index (Phi) is 7.91. The average Bonchev–Trinajstić information content (AvgIpc) is 2.99. The van der Waals surface area contributed by atoms with E-state index in [1.807, 2.05) is 18.2 Å². The molecule has 0 bridgehead atoms. The highest BCUT2D eigenvalue weighted by atomic mass is 19.1. The Balaban J connectivity index is 1.34. The minimum absolute atomic E-state index is 0.0323. The molecule has 1 aromatic heterocycles. The van der Waals surface area contributed by atoms with Gasteiger partial charge < -0.3 is 24.4 Å². The first kappa shape index (κ1) is 28.6. The predicted molar refractivity (Wildman–Crippen MR) is 154 cm³/mol. The third-order valence-electron chi connectivity index (χ3n) is 9.26. The highest BCUT2D eigenvalue weighted by Crippen LogP contribution is 2.43. The number of halogens is 1. The number of pyridine rings is 1. The molecule has 1 spiro atoms. The van der Waals surface area contributed by atoms with Crippen LogP contribution in [0.1, 0.15) is 67.1 Å². The number of hydrogen-bond donors (Lipinski definition) is 2. The summed E-state index contributed by atoms with van der Waals surface area (Å²) in [7, 11) is 1.52. The Morgan fingerprint density at radius 2 is 2.05 bits per heavy atom. The van der Waals surface area contributed by atoms with Gasteiger partial charge in [-0.25, -0.2) is 9.37 Å². The van der Waals surface area contributed by atoms with E-state index in [-0.39, 0.29) is 11.6 Å². The van der Waals surface area contributed by atoms with Gasteiger partial charge in [-0.15, -0.1) is 0 Å². The number of benzene rings is 2. The lowest BCUT2D eigenvalue weighted by molar-refractivity contribution is -0.145. The Labute approximate surface area is 245 Å². The van der Waals surface area contributed by atoms with E-state index in [1.165, 1.54) is 26.7 Å². The molecular weight excluding hydrogens is 539 g/mol. The Hall–Kier alpha value is -3.53. The molecule has 1 aliphatic carbocycles. The lowest BCUT2D eigenvalue weighted by Crippen LogP contribution is -2.60. The molecule has 3 aromatic rings. The van der Waals surface area contributed by atoms with Gasteiger partial charge in [-0.05, 0) is 72.9 Å². The lowest BCUT2D eigenvalue weighted by atomic mass is 9.75. The second-order valence-corrected chi connectivity index (χ2v) is 11.8. The van der Waals surface area contributed by atoms with Crippen molar-refractivity contribution in [2.45, 2.75) is 63.3 Å². The van der Waals surface area contributed by atoms with Crippen molar-refractivity contribution in [1.82, 2.24) is 9.88 Å². The van der Waals surface area contributed by atoms with Crippen LogP contribution >= 0.6 is 0 Å². The summed E-state index contributed by atoms with van der Waals surface area (Å²) in [6, 6.07) is 13.2. The molecule has 2 aliphatic heterocycles. The summed E-state index contributed by atoms with van der Waals surface area (Å²) < 4.78 is 32.8. The number of fused-ring (bicyclic) bond motifs is 1. The van der Waals surface area contributed by atoms with Crippen LogP contribution in [0.2, 0.25) is 0 Å². The number of carboxylic acids is 1. The first-order valence-corrected chi connectivity index (χ1v) is 14.6. The summed E-state index contributed by atoms with van der Waals surface area (Å²) in [6.45, 7) is 4.35. The summed E-state index contributed by atoms with van der Waals surface area (Å²) in [4.78, 5) is 18.0. The van der Waals surface area contributed by atoms with Gasteiger partial charge >= 0.3 is 5.97 Å². The lowest BCUT2D eigenvalue weighted by Gasteiger charge is -2.53. The molecule has 3 heterocycles. The van der Waals surface area contributed by atoms with E-state index in [0.29, 0.717) is 35.9 Å². The van der Waals surface area contributed by atoms with Gasteiger partial charge in [-0.1, -0.05) is 30.3 Å². The average molecular weight is 577 g/mol. The largest absolute Gasteiger partial charge is 0.485 e. The van der Waals surface area contributed by atoms with Gasteiger partial charge in [0.05, 0.1) is 38.5 Å². The summed E-state index contributed by atoms with van der Waals surface area (Å²) >= 11 is 0. The summed E-state index contributed by atoms with van der Waals surface area (Å²) in [5.41, 5.74) is 4.80. The van der Waals surface area contributed by atoms with Crippen molar-refractivity contribution >= 4 is 5.97 Å². The van der Waals surface area contributed by atoms with Crippen LogP contribution in [0.5, 0.6) is 11.6 Å². The molecule has 9 heteroatoms. The quantitative estimate of drug-likeness (QED) is 0.364. The highest BCUT2D eigenvalue weighted by Gasteiger charge is 2.44. The van der Waals surface area contributed by atoms with E-state index in [4.69, 9.17) is 14.2 Å². The number of carbonyl (C=O) groups is 1. The number of hydrogen-bond acceptors (Lipinski definition) is 7. The molecular formula is C33H37FN2O6. The third kappa shape index (κ3) is 5.37. The molecule has 0 radical (unpaired) electrons. The summed E-state index contributed by atoms with van der Waals surface area (Å²) in [5.74, 6) is -1.40. The van der Waals surface area contributed by atoms with Crippen molar-refractivity contribution in [3.05, 3.63) is 76.7 Å². The van der Waals surface area contributed by atoms with Crippen LogP contribution < -0.4 is 9.47 Å². The molecule has 6 rings (SSSR count). The van der Waals surface area contributed by atoms with Crippen LogP contribution in [0, 0.1) is 11.7 Å². The number of carboxylic acid groups (broad SMARTS) is 1. The van der Waals surface area contributed by atoms with Crippen LogP contribution in [0.4, 0.5) is 4.39 Å². The van der Waals surface area contributed by atoms with Crippen molar-refractivity contribution in [1.29, 1.82) is 0 Å². The Morgan fingerprint density at radius 3 is 2.79 bits per heavy atom. The molecule has 2 aromatic carbocycles. The first-order valence-electron chi connectivity index (χ1n) is 14.6. The number of methoxy groups -OCH3 is 1.